The van der Waals surface area contributed by atoms with E-state index in [4.69, 9.17) is 10.2 Å². The zero-order chi connectivity index (χ0) is 11.5. The maximum Gasteiger partial charge on any atom is 0.333 e. The van der Waals surface area contributed by atoms with Crippen molar-refractivity contribution >= 4 is 16.0 Å². The standard InChI is InChI=1S/C6H9N3O5S/c10-4(6(11)12)1-9-15(13,14)5-2-7-3-8-5/h2-4,9-10H,1H2,(H,7,8)(H,11,12)/t4-/m0/s1. The molecule has 9 heteroatoms. The number of carboxylic acid groups (broad SMARTS) is 1. The van der Waals surface area contributed by atoms with Gasteiger partial charge in [-0.3, -0.25) is 0 Å². The van der Waals surface area contributed by atoms with Crippen molar-refractivity contribution in [3.8, 4) is 0 Å². The number of aliphatic hydroxyl groups excluding tert-OH is 1. The van der Waals surface area contributed by atoms with E-state index in [1.807, 2.05) is 4.72 Å². The molecule has 4 N–H and O–H groups in total. The van der Waals surface area contributed by atoms with E-state index in [1.54, 1.807) is 0 Å². The lowest BCUT2D eigenvalue weighted by Crippen LogP contribution is -2.36. The van der Waals surface area contributed by atoms with Crippen molar-refractivity contribution in [1.29, 1.82) is 0 Å². The van der Waals surface area contributed by atoms with Crippen LogP contribution >= 0.6 is 0 Å². The average Bonchev–Trinajstić information content (AvgIpc) is 2.67. The quantitative estimate of drug-likeness (QED) is 0.472. The first-order valence-corrected chi connectivity index (χ1v) is 5.30. The Kier molecular flexibility index (Phi) is 3.39. The van der Waals surface area contributed by atoms with Crippen LogP contribution in [0.5, 0.6) is 0 Å². The predicted octanol–water partition coefficient (Wildman–Crippen LogP) is -1.87. The lowest BCUT2D eigenvalue weighted by Gasteiger charge is -2.06. The highest BCUT2D eigenvalue weighted by Gasteiger charge is 2.20. The molecule has 0 aliphatic carbocycles. The van der Waals surface area contributed by atoms with Gasteiger partial charge in [0.2, 0.25) is 0 Å². The average molecular weight is 235 g/mol. The summed E-state index contributed by atoms with van der Waals surface area (Å²) in [5.74, 6) is -1.50. The van der Waals surface area contributed by atoms with Crippen LogP contribution in [-0.4, -0.2) is 47.2 Å². The van der Waals surface area contributed by atoms with Gasteiger partial charge in [0, 0.05) is 6.54 Å². The van der Waals surface area contributed by atoms with Crippen molar-refractivity contribution in [3.63, 3.8) is 0 Å². The van der Waals surface area contributed by atoms with E-state index in [2.05, 4.69) is 9.97 Å². The third kappa shape index (κ3) is 3.01. The Morgan fingerprint density at radius 1 is 1.67 bits per heavy atom. The van der Waals surface area contributed by atoms with Gasteiger partial charge < -0.3 is 15.2 Å². The van der Waals surface area contributed by atoms with Gasteiger partial charge in [-0.05, 0) is 0 Å². The molecule has 0 saturated heterocycles. The van der Waals surface area contributed by atoms with Crippen LogP contribution in [0.3, 0.4) is 0 Å². The Morgan fingerprint density at radius 2 is 2.33 bits per heavy atom. The Hall–Kier alpha value is -1.45. The van der Waals surface area contributed by atoms with Crippen molar-refractivity contribution in [1.82, 2.24) is 14.7 Å². The van der Waals surface area contributed by atoms with E-state index in [0.29, 0.717) is 0 Å². The number of H-pyrrole nitrogens is 1. The van der Waals surface area contributed by atoms with Gasteiger partial charge in [-0.2, -0.15) is 0 Å². The molecule has 0 fully saturated rings. The summed E-state index contributed by atoms with van der Waals surface area (Å²) in [5, 5.41) is 16.9. The first-order chi connectivity index (χ1) is 6.93. The Morgan fingerprint density at radius 3 is 2.80 bits per heavy atom. The number of rotatable bonds is 5. The van der Waals surface area contributed by atoms with Crippen molar-refractivity contribution in [2.45, 2.75) is 11.1 Å². The van der Waals surface area contributed by atoms with Crippen LogP contribution in [0.25, 0.3) is 0 Å². The van der Waals surface area contributed by atoms with Crippen LogP contribution in [0.2, 0.25) is 0 Å². The monoisotopic (exact) mass is 235 g/mol. The summed E-state index contributed by atoms with van der Waals surface area (Å²) in [4.78, 5) is 16.0. The summed E-state index contributed by atoms with van der Waals surface area (Å²) in [6, 6.07) is 0. The lowest BCUT2D eigenvalue weighted by molar-refractivity contribution is -0.146. The number of aromatic nitrogens is 2. The van der Waals surface area contributed by atoms with Crippen LogP contribution in [0.4, 0.5) is 0 Å². The number of aromatic amines is 1. The number of nitrogens with one attached hydrogen (secondary N) is 2. The van der Waals surface area contributed by atoms with Gasteiger partial charge in [0.15, 0.2) is 11.1 Å². The second-order valence-corrected chi connectivity index (χ2v) is 4.36. The lowest BCUT2D eigenvalue weighted by atomic mass is 10.4. The number of carboxylic acids is 1. The molecule has 1 aromatic heterocycles. The second kappa shape index (κ2) is 4.38. The molecule has 0 radical (unpaired) electrons. The molecule has 1 atom stereocenters. The van der Waals surface area contributed by atoms with Gasteiger partial charge in [-0.15, -0.1) is 0 Å². The van der Waals surface area contributed by atoms with Crippen molar-refractivity contribution < 1.29 is 23.4 Å². The third-order valence-electron chi connectivity index (χ3n) is 1.51. The molecule has 0 amide bonds. The number of carbonyl (C=O) groups is 1. The summed E-state index contributed by atoms with van der Waals surface area (Å²) in [6.07, 6.45) is 0.459. The SMILES string of the molecule is O=C(O)[C@@H](O)CNS(=O)(=O)c1cnc[nH]1. The number of nitrogens with zero attached hydrogens (tertiary/aromatic N) is 1. The fraction of sp³-hybridized carbons (Fsp3) is 0.333. The Bertz CT molecular complexity index is 426. The van der Waals surface area contributed by atoms with Gasteiger partial charge in [-0.25, -0.2) is 22.9 Å². The van der Waals surface area contributed by atoms with Crippen molar-refractivity contribution in [2.75, 3.05) is 6.54 Å². The molecule has 0 bridgehead atoms. The molecular weight excluding hydrogens is 226 g/mol. The molecule has 84 valence electrons. The zero-order valence-electron chi connectivity index (χ0n) is 7.41. The molecular formula is C6H9N3O5S. The molecule has 0 saturated carbocycles. The minimum atomic E-state index is -3.84. The highest BCUT2D eigenvalue weighted by atomic mass is 32.2. The smallest absolute Gasteiger partial charge is 0.333 e. The molecule has 0 spiro atoms. The molecule has 1 aromatic rings. The molecule has 0 unspecified atom stereocenters. The maximum absolute atomic E-state index is 11.3. The molecule has 15 heavy (non-hydrogen) atoms. The van der Waals surface area contributed by atoms with Crippen molar-refractivity contribution in [3.05, 3.63) is 12.5 Å². The molecule has 1 heterocycles. The van der Waals surface area contributed by atoms with Crippen molar-refractivity contribution in [2.24, 2.45) is 0 Å². The number of aliphatic carboxylic acids is 1. The van der Waals surface area contributed by atoms with Gasteiger partial charge in [0.1, 0.15) is 0 Å². The van der Waals surface area contributed by atoms with Gasteiger partial charge in [0.05, 0.1) is 12.5 Å². The summed E-state index contributed by atoms with van der Waals surface area (Å²) < 4.78 is 24.6. The van der Waals surface area contributed by atoms with E-state index < -0.39 is 28.6 Å². The maximum atomic E-state index is 11.3. The molecule has 1 rings (SSSR count). The fourth-order valence-corrected chi connectivity index (χ4v) is 1.68. The number of imidazole rings is 1. The predicted molar refractivity (Wildman–Crippen MR) is 47.4 cm³/mol. The van der Waals surface area contributed by atoms with E-state index in [9.17, 15) is 13.2 Å². The Balaban J connectivity index is 2.63. The molecule has 0 aliphatic rings. The molecule has 8 nitrogen and oxygen atoms in total. The minimum absolute atomic E-state index is 0.194. The van der Waals surface area contributed by atoms with Gasteiger partial charge in [-0.1, -0.05) is 0 Å². The molecule has 0 aromatic carbocycles. The topological polar surface area (TPSA) is 132 Å². The number of hydrogen-bond acceptors (Lipinski definition) is 5. The van der Waals surface area contributed by atoms with E-state index >= 15 is 0 Å². The van der Waals surface area contributed by atoms with Crippen LogP contribution in [0, 0.1) is 0 Å². The summed E-state index contributed by atoms with van der Waals surface area (Å²) in [6.45, 7) is -0.601. The Labute approximate surface area is 85.0 Å². The third-order valence-corrected chi connectivity index (χ3v) is 2.86. The summed E-state index contributed by atoms with van der Waals surface area (Å²) >= 11 is 0. The normalized spacial score (nSPS) is 13.7. The van der Waals surface area contributed by atoms with E-state index in [0.717, 1.165) is 6.20 Å². The number of aliphatic hydroxyl groups is 1. The van der Waals surface area contributed by atoms with E-state index in [-0.39, 0.29) is 5.03 Å². The first kappa shape index (κ1) is 11.6. The highest BCUT2D eigenvalue weighted by Crippen LogP contribution is 2.01. The van der Waals surface area contributed by atoms with Gasteiger partial charge >= 0.3 is 5.97 Å². The van der Waals surface area contributed by atoms with Crippen LogP contribution in [-0.2, 0) is 14.8 Å². The highest BCUT2D eigenvalue weighted by molar-refractivity contribution is 7.89. The minimum Gasteiger partial charge on any atom is -0.479 e. The number of hydrogen-bond donors (Lipinski definition) is 4. The van der Waals surface area contributed by atoms with Gasteiger partial charge in [0.25, 0.3) is 10.0 Å². The second-order valence-electron chi connectivity index (χ2n) is 2.62. The fourth-order valence-electron chi connectivity index (χ4n) is 0.744. The first-order valence-electron chi connectivity index (χ1n) is 3.82. The van der Waals surface area contributed by atoms with Crippen LogP contribution in [0.1, 0.15) is 0 Å². The zero-order valence-corrected chi connectivity index (χ0v) is 8.23. The summed E-state index contributed by atoms with van der Waals surface area (Å²) in [5.41, 5.74) is 0. The van der Waals surface area contributed by atoms with Crippen LogP contribution in [0.15, 0.2) is 17.6 Å². The largest absolute Gasteiger partial charge is 0.479 e. The number of sulfonamides is 1. The molecule has 0 aliphatic heterocycles. The van der Waals surface area contributed by atoms with Crippen LogP contribution < -0.4 is 4.72 Å². The van der Waals surface area contributed by atoms with E-state index in [1.165, 1.54) is 6.33 Å². The summed E-state index contributed by atoms with van der Waals surface area (Å²) in [7, 11) is -3.84.